The molecule has 1 heterocycles. The molecule has 2 aromatic rings. The van der Waals surface area contributed by atoms with Crippen molar-refractivity contribution < 1.29 is 9.53 Å². The van der Waals surface area contributed by atoms with Crippen LogP contribution in [0.4, 0.5) is 5.69 Å². The van der Waals surface area contributed by atoms with Gasteiger partial charge in [0.15, 0.2) is 0 Å². The zero-order valence-electron chi connectivity index (χ0n) is 9.73. The second-order valence-corrected chi connectivity index (χ2v) is 3.48. The Kier molecular flexibility index (Phi) is 3.18. The molecule has 5 nitrogen and oxygen atoms in total. The van der Waals surface area contributed by atoms with Crippen molar-refractivity contribution in [2.75, 3.05) is 11.9 Å². The fraction of sp³-hybridized carbons (Fsp3) is 0.250. The zero-order valence-corrected chi connectivity index (χ0v) is 9.73. The van der Waals surface area contributed by atoms with E-state index in [-0.39, 0.29) is 5.91 Å². The quantitative estimate of drug-likeness (QED) is 0.877. The summed E-state index contributed by atoms with van der Waals surface area (Å²) in [6, 6.07) is 3.55. The average molecular weight is 231 g/mol. The summed E-state index contributed by atoms with van der Waals surface area (Å²) in [5, 5.41) is 2.72. The van der Waals surface area contributed by atoms with Crippen LogP contribution >= 0.6 is 0 Å². The summed E-state index contributed by atoms with van der Waals surface area (Å²) < 4.78 is 5.46. The normalized spacial score (nSPS) is 10.2. The molecular formula is C12H13N3O2. The highest BCUT2D eigenvalue weighted by Crippen LogP contribution is 2.28. The first-order valence-corrected chi connectivity index (χ1v) is 5.36. The van der Waals surface area contributed by atoms with Crippen molar-refractivity contribution in [2.24, 2.45) is 0 Å². The Morgan fingerprint density at radius 2 is 2.00 bits per heavy atom. The summed E-state index contributed by atoms with van der Waals surface area (Å²) in [7, 11) is 0. The Morgan fingerprint density at radius 1 is 1.29 bits per heavy atom. The molecule has 0 fully saturated rings. The third-order valence-corrected chi connectivity index (χ3v) is 2.20. The van der Waals surface area contributed by atoms with Gasteiger partial charge in [-0.3, -0.25) is 9.78 Å². The van der Waals surface area contributed by atoms with Crippen molar-refractivity contribution in [1.29, 1.82) is 0 Å². The van der Waals surface area contributed by atoms with E-state index in [4.69, 9.17) is 4.74 Å². The van der Waals surface area contributed by atoms with E-state index in [0.29, 0.717) is 29.1 Å². The van der Waals surface area contributed by atoms with Crippen LogP contribution < -0.4 is 10.1 Å². The number of fused-ring (bicyclic) bond motifs is 1. The molecule has 1 aromatic carbocycles. The molecule has 0 aliphatic heterocycles. The fourth-order valence-corrected chi connectivity index (χ4v) is 1.59. The van der Waals surface area contributed by atoms with Crippen LogP contribution in [0, 0.1) is 0 Å². The number of rotatable bonds is 3. The van der Waals surface area contributed by atoms with Crippen LogP contribution in [0.25, 0.3) is 11.0 Å². The van der Waals surface area contributed by atoms with Gasteiger partial charge in [-0.1, -0.05) is 0 Å². The monoisotopic (exact) mass is 231 g/mol. The third kappa shape index (κ3) is 2.33. The molecule has 17 heavy (non-hydrogen) atoms. The van der Waals surface area contributed by atoms with Crippen molar-refractivity contribution in [3.8, 4) is 5.75 Å². The lowest BCUT2D eigenvalue weighted by molar-refractivity contribution is -0.114. The smallest absolute Gasteiger partial charge is 0.221 e. The van der Waals surface area contributed by atoms with Crippen LogP contribution in [-0.4, -0.2) is 22.5 Å². The Morgan fingerprint density at radius 3 is 2.65 bits per heavy atom. The molecule has 1 amide bonds. The highest BCUT2D eigenvalue weighted by Gasteiger charge is 2.09. The Bertz CT molecular complexity index is 554. The number of aromatic nitrogens is 2. The molecule has 0 aliphatic carbocycles. The number of anilines is 1. The molecule has 5 heteroatoms. The maximum atomic E-state index is 11.1. The average Bonchev–Trinajstić information content (AvgIpc) is 2.32. The molecule has 0 atom stereocenters. The number of carbonyl (C=O) groups excluding carboxylic acids is 1. The zero-order chi connectivity index (χ0) is 12.3. The van der Waals surface area contributed by atoms with E-state index < -0.39 is 0 Å². The summed E-state index contributed by atoms with van der Waals surface area (Å²) in [6.07, 6.45) is 3.19. The minimum atomic E-state index is -0.138. The maximum Gasteiger partial charge on any atom is 0.221 e. The molecule has 0 bridgehead atoms. The first-order chi connectivity index (χ1) is 8.22. The molecule has 0 saturated carbocycles. The van der Waals surface area contributed by atoms with Gasteiger partial charge < -0.3 is 10.1 Å². The second kappa shape index (κ2) is 4.78. The molecule has 0 saturated heterocycles. The molecule has 1 N–H and O–H groups in total. The minimum absolute atomic E-state index is 0.138. The molecule has 0 radical (unpaired) electrons. The van der Waals surface area contributed by atoms with Crippen LogP contribution in [0.3, 0.4) is 0 Å². The van der Waals surface area contributed by atoms with E-state index in [0.717, 1.165) is 0 Å². The van der Waals surface area contributed by atoms with Crippen LogP contribution in [0.1, 0.15) is 13.8 Å². The van der Waals surface area contributed by atoms with Crippen molar-refractivity contribution in [3.63, 3.8) is 0 Å². The summed E-state index contributed by atoms with van der Waals surface area (Å²) >= 11 is 0. The highest BCUT2D eigenvalue weighted by molar-refractivity contribution is 6.00. The molecule has 0 unspecified atom stereocenters. The summed E-state index contributed by atoms with van der Waals surface area (Å²) in [6.45, 7) is 3.92. The Hall–Kier alpha value is -2.17. The molecule has 88 valence electrons. The van der Waals surface area contributed by atoms with Gasteiger partial charge in [0.05, 0.1) is 12.3 Å². The summed E-state index contributed by atoms with van der Waals surface area (Å²) in [4.78, 5) is 19.5. The van der Waals surface area contributed by atoms with E-state index in [9.17, 15) is 4.79 Å². The van der Waals surface area contributed by atoms with Gasteiger partial charge in [0, 0.05) is 19.3 Å². The number of benzene rings is 1. The van der Waals surface area contributed by atoms with Crippen molar-refractivity contribution in [1.82, 2.24) is 9.97 Å². The lowest BCUT2D eigenvalue weighted by Crippen LogP contribution is -2.07. The van der Waals surface area contributed by atoms with Gasteiger partial charge in [-0.25, -0.2) is 4.98 Å². The maximum absolute atomic E-state index is 11.1. The number of hydrogen-bond acceptors (Lipinski definition) is 4. The van der Waals surface area contributed by atoms with Crippen LogP contribution in [0.15, 0.2) is 24.5 Å². The Balaban J connectivity index is 2.57. The first kappa shape index (κ1) is 11.3. The summed E-state index contributed by atoms with van der Waals surface area (Å²) in [5.41, 5.74) is 1.93. The van der Waals surface area contributed by atoms with Crippen molar-refractivity contribution >= 4 is 22.6 Å². The second-order valence-electron chi connectivity index (χ2n) is 3.48. The number of ether oxygens (including phenoxy) is 1. The largest absolute Gasteiger partial charge is 0.492 e. The van der Waals surface area contributed by atoms with E-state index in [1.165, 1.54) is 6.92 Å². The molecule has 2 rings (SSSR count). The van der Waals surface area contributed by atoms with Crippen LogP contribution in [0.2, 0.25) is 0 Å². The predicted molar refractivity (Wildman–Crippen MR) is 65.0 cm³/mol. The standard InChI is InChI=1S/C12H13N3O2/c1-3-17-10-5-4-9(15-8(2)16)11-12(10)14-7-6-13-11/h4-7H,3H2,1-2H3,(H,15,16). The number of carbonyl (C=O) groups is 1. The lowest BCUT2D eigenvalue weighted by atomic mass is 10.2. The fourth-order valence-electron chi connectivity index (χ4n) is 1.59. The minimum Gasteiger partial charge on any atom is -0.492 e. The van der Waals surface area contributed by atoms with Crippen LogP contribution in [0.5, 0.6) is 5.75 Å². The lowest BCUT2D eigenvalue weighted by Gasteiger charge is -2.09. The number of nitrogens with zero attached hydrogens (tertiary/aromatic N) is 2. The highest BCUT2D eigenvalue weighted by atomic mass is 16.5. The SMILES string of the molecule is CCOc1ccc(NC(C)=O)c2nccnc12. The van der Waals surface area contributed by atoms with Gasteiger partial charge in [0.2, 0.25) is 5.91 Å². The van der Waals surface area contributed by atoms with E-state index in [2.05, 4.69) is 15.3 Å². The molecular weight excluding hydrogens is 218 g/mol. The van der Waals surface area contributed by atoms with E-state index in [1.54, 1.807) is 24.5 Å². The van der Waals surface area contributed by atoms with Gasteiger partial charge in [-0.15, -0.1) is 0 Å². The Labute approximate surface area is 98.8 Å². The van der Waals surface area contributed by atoms with Crippen molar-refractivity contribution in [3.05, 3.63) is 24.5 Å². The number of nitrogens with one attached hydrogen (secondary N) is 1. The van der Waals surface area contributed by atoms with Gasteiger partial charge in [0.1, 0.15) is 16.8 Å². The van der Waals surface area contributed by atoms with Gasteiger partial charge >= 0.3 is 0 Å². The van der Waals surface area contributed by atoms with Gasteiger partial charge in [-0.05, 0) is 19.1 Å². The number of amides is 1. The van der Waals surface area contributed by atoms with E-state index in [1.807, 2.05) is 6.92 Å². The van der Waals surface area contributed by atoms with Gasteiger partial charge in [-0.2, -0.15) is 0 Å². The van der Waals surface area contributed by atoms with Crippen LogP contribution in [-0.2, 0) is 4.79 Å². The molecule has 1 aromatic heterocycles. The third-order valence-electron chi connectivity index (χ3n) is 2.20. The summed E-state index contributed by atoms with van der Waals surface area (Å²) in [5.74, 6) is 0.533. The van der Waals surface area contributed by atoms with E-state index >= 15 is 0 Å². The van der Waals surface area contributed by atoms with Crippen molar-refractivity contribution in [2.45, 2.75) is 13.8 Å². The first-order valence-electron chi connectivity index (χ1n) is 5.36. The predicted octanol–water partition coefficient (Wildman–Crippen LogP) is 1.99. The molecule has 0 aliphatic rings. The number of hydrogen-bond donors (Lipinski definition) is 1. The topological polar surface area (TPSA) is 64.1 Å². The van der Waals surface area contributed by atoms with Gasteiger partial charge in [0.25, 0.3) is 0 Å². The molecule has 0 spiro atoms.